The van der Waals surface area contributed by atoms with E-state index in [4.69, 9.17) is 4.74 Å². The summed E-state index contributed by atoms with van der Waals surface area (Å²) in [6, 6.07) is 9.44. The molecule has 0 aliphatic heterocycles. The molecule has 0 atom stereocenters. The Morgan fingerprint density at radius 2 is 1.87 bits per heavy atom. The quantitative estimate of drug-likeness (QED) is 0.463. The van der Waals surface area contributed by atoms with Gasteiger partial charge in [-0.05, 0) is 37.8 Å². The number of rotatable bonds is 5. The molecule has 1 aliphatic rings. The van der Waals surface area contributed by atoms with Gasteiger partial charge in [0.2, 0.25) is 0 Å². The van der Waals surface area contributed by atoms with E-state index in [1.54, 1.807) is 0 Å². The Labute approximate surface area is 138 Å². The molecule has 1 heterocycles. The van der Waals surface area contributed by atoms with Crippen molar-refractivity contribution in [3.05, 3.63) is 46.8 Å². The van der Waals surface area contributed by atoms with Crippen molar-refractivity contribution in [1.82, 2.24) is 9.97 Å². The van der Waals surface area contributed by atoms with E-state index in [0.29, 0.717) is 5.03 Å². The summed E-state index contributed by atoms with van der Waals surface area (Å²) in [5, 5.41) is 11.8. The van der Waals surface area contributed by atoms with Gasteiger partial charge >= 0.3 is 5.69 Å². The van der Waals surface area contributed by atoms with Crippen molar-refractivity contribution in [2.45, 2.75) is 48.1 Å². The molecule has 2 aromatic rings. The van der Waals surface area contributed by atoms with Crippen molar-refractivity contribution in [2.24, 2.45) is 0 Å². The standard InChI is InChI=1S/C16H17N3O3S/c20-19(21)14-15(22-12-7-3-1-4-8-12)17-11-18-16(14)23-13-9-5-2-6-10-13/h2,5-6,9-12H,1,3-4,7-8H2. The van der Waals surface area contributed by atoms with E-state index in [2.05, 4.69) is 9.97 Å². The molecule has 1 fully saturated rings. The first-order chi connectivity index (χ1) is 11.2. The maximum atomic E-state index is 11.5. The molecule has 1 aromatic heterocycles. The first-order valence-electron chi connectivity index (χ1n) is 7.63. The average Bonchev–Trinajstić information content (AvgIpc) is 2.56. The van der Waals surface area contributed by atoms with Crippen LogP contribution in [0.3, 0.4) is 0 Å². The highest BCUT2D eigenvalue weighted by molar-refractivity contribution is 7.99. The predicted octanol–water partition coefficient (Wildman–Crippen LogP) is 4.25. The summed E-state index contributed by atoms with van der Waals surface area (Å²) in [6.07, 6.45) is 6.55. The molecule has 0 radical (unpaired) electrons. The van der Waals surface area contributed by atoms with Crippen LogP contribution in [-0.2, 0) is 0 Å². The van der Waals surface area contributed by atoms with Crippen LogP contribution < -0.4 is 4.74 Å². The van der Waals surface area contributed by atoms with Crippen LogP contribution in [0.25, 0.3) is 0 Å². The van der Waals surface area contributed by atoms with Gasteiger partial charge in [-0.3, -0.25) is 10.1 Å². The van der Waals surface area contributed by atoms with E-state index in [1.807, 2.05) is 30.3 Å². The Morgan fingerprint density at radius 1 is 1.13 bits per heavy atom. The summed E-state index contributed by atoms with van der Waals surface area (Å²) < 4.78 is 5.82. The highest BCUT2D eigenvalue weighted by atomic mass is 32.2. The van der Waals surface area contributed by atoms with Gasteiger partial charge in [-0.15, -0.1) is 0 Å². The first kappa shape index (κ1) is 15.7. The zero-order chi connectivity index (χ0) is 16.1. The average molecular weight is 331 g/mol. The van der Waals surface area contributed by atoms with Gasteiger partial charge in [-0.2, -0.15) is 4.98 Å². The lowest BCUT2D eigenvalue weighted by Crippen LogP contribution is -2.21. The summed E-state index contributed by atoms with van der Waals surface area (Å²) in [4.78, 5) is 20.0. The molecule has 120 valence electrons. The van der Waals surface area contributed by atoms with Gasteiger partial charge in [0.1, 0.15) is 12.4 Å². The molecule has 0 saturated heterocycles. The molecule has 1 aliphatic carbocycles. The molecule has 0 amide bonds. The van der Waals surface area contributed by atoms with E-state index in [1.165, 1.54) is 24.5 Å². The Kier molecular flexibility index (Phi) is 5.07. The van der Waals surface area contributed by atoms with Crippen molar-refractivity contribution in [1.29, 1.82) is 0 Å². The lowest BCUT2D eigenvalue weighted by atomic mass is 9.98. The second kappa shape index (κ2) is 7.41. The van der Waals surface area contributed by atoms with Crippen LogP contribution in [0, 0.1) is 10.1 Å². The fourth-order valence-corrected chi connectivity index (χ4v) is 3.48. The molecular formula is C16H17N3O3S. The Hall–Kier alpha value is -2.15. The molecule has 23 heavy (non-hydrogen) atoms. The van der Waals surface area contributed by atoms with Crippen molar-refractivity contribution < 1.29 is 9.66 Å². The number of aromatic nitrogens is 2. The summed E-state index contributed by atoms with van der Waals surface area (Å²) in [6.45, 7) is 0. The second-order valence-electron chi connectivity index (χ2n) is 5.38. The first-order valence-corrected chi connectivity index (χ1v) is 8.44. The number of hydrogen-bond acceptors (Lipinski definition) is 6. The number of nitro groups is 1. The maximum Gasteiger partial charge on any atom is 0.363 e. The Bertz CT molecular complexity index is 676. The largest absolute Gasteiger partial charge is 0.469 e. The van der Waals surface area contributed by atoms with Crippen LogP contribution in [-0.4, -0.2) is 21.0 Å². The predicted molar refractivity (Wildman–Crippen MR) is 86.8 cm³/mol. The minimum absolute atomic E-state index is 0.00641. The van der Waals surface area contributed by atoms with Gasteiger partial charge in [-0.1, -0.05) is 36.4 Å². The zero-order valence-electron chi connectivity index (χ0n) is 12.6. The van der Waals surface area contributed by atoms with Crippen LogP contribution >= 0.6 is 11.8 Å². The lowest BCUT2D eigenvalue weighted by Gasteiger charge is -2.22. The lowest BCUT2D eigenvalue weighted by molar-refractivity contribution is -0.389. The third kappa shape index (κ3) is 3.98. The van der Waals surface area contributed by atoms with E-state index in [-0.39, 0.29) is 17.7 Å². The van der Waals surface area contributed by atoms with Crippen LogP contribution in [0.15, 0.2) is 46.6 Å². The molecule has 3 rings (SSSR count). The molecule has 0 spiro atoms. The molecule has 0 bridgehead atoms. The van der Waals surface area contributed by atoms with Crippen LogP contribution in [0.5, 0.6) is 5.88 Å². The minimum Gasteiger partial charge on any atom is -0.469 e. The van der Waals surface area contributed by atoms with E-state index < -0.39 is 4.92 Å². The SMILES string of the molecule is O=[N+]([O-])c1c(OC2CCCCC2)ncnc1Sc1ccccc1. The maximum absolute atomic E-state index is 11.5. The molecule has 6 nitrogen and oxygen atoms in total. The molecule has 0 N–H and O–H groups in total. The minimum atomic E-state index is -0.455. The second-order valence-corrected chi connectivity index (χ2v) is 6.44. The fourth-order valence-electron chi connectivity index (χ4n) is 2.61. The molecule has 0 unspecified atom stereocenters. The number of benzene rings is 1. The van der Waals surface area contributed by atoms with Crippen LogP contribution in [0.2, 0.25) is 0 Å². The van der Waals surface area contributed by atoms with Crippen molar-refractivity contribution >= 4 is 17.4 Å². The summed E-state index contributed by atoms with van der Waals surface area (Å²) >= 11 is 1.25. The van der Waals surface area contributed by atoms with Gasteiger partial charge in [-0.25, -0.2) is 4.98 Å². The van der Waals surface area contributed by atoms with Gasteiger partial charge in [0.25, 0.3) is 5.88 Å². The van der Waals surface area contributed by atoms with Crippen molar-refractivity contribution in [2.75, 3.05) is 0 Å². The molecule has 1 aromatic carbocycles. The van der Waals surface area contributed by atoms with E-state index >= 15 is 0 Å². The van der Waals surface area contributed by atoms with Crippen molar-refractivity contribution in [3.8, 4) is 5.88 Å². The zero-order valence-corrected chi connectivity index (χ0v) is 13.4. The molecular weight excluding hydrogens is 314 g/mol. The summed E-state index contributed by atoms with van der Waals surface area (Å²) in [7, 11) is 0. The highest BCUT2D eigenvalue weighted by Crippen LogP contribution is 2.38. The third-order valence-corrected chi connectivity index (χ3v) is 4.73. The molecule has 1 saturated carbocycles. The van der Waals surface area contributed by atoms with E-state index in [9.17, 15) is 10.1 Å². The smallest absolute Gasteiger partial charge is 0.363 e. The van der Waals surface area contributed by atoms with Gasteiger partial charge in [0, 0.05) is 4.90 Å². The van der Waals surface area contributed by atoms with E-state index in [0.717, 1.165) is 30.6 Å². The van der Waals surface area contributed by atoms with Crippen LogP contribution in [0.4, 0.5) is 5.69 Å². The van der Waals surface area contributed by atoms with Gasteiger partial charge in [0.05, 0.1) is 4.92 Å². The topological polar surface area (TPSA) is 78.2 Å². The number of hydrogen-bond donors (Lipinski definition) is 0. The third-order valence-electron chi connectivity index (χ3n) is 3.73. The normalized spacial score (nSPS) is 15.3. The van der Waals surface area contributed by atoms with Crippen LogP contribution in [0.1, 0.15) is 32.1 Å². The van der Waals surface area contributed by atoms with Gasteiger partial charge < -0.3 is 4.74 Å². The summed E-state index contributed by atoms with van der Waals surface area (Å²) in [5.41, 5.74) is -0.146. The number of nitrogens with zero attached hydrogens (tertiary/aromatic N) is 3. The monoisotopic (exact) mass is 331 g/mol. The van der Waals surface area contributed by atoms with Crippen molar-refractivity contribution in [3.63, 3.8) is 0 Å². The Balaban J connectivity index is 1.87. The number of ether oxygens (including phenoxy) is 1. The van der Waals surface area contributed by atoms with Gasteiger partial charge in [0.15, 0.2) is 5.03 Å². The summed E-state index contributed by atoms with van der Waals surface area (Å²) in [5.74, 6) is 0.0790. The Morgan fingerprint density at radius 3 is 2.57 bits per heavy atom. The highest BCUT2D eigenvalue weighted by Gasteiger charge is 2.27. The fraction of sp³-hybridized carbons (Fsp3) is 0.375. The molecule has 7 heteroatoms.